The molecule has 0 heterocycles. The molecule has 0 bridgehead atoms. The summed E-state index contributed by atoms with van der Waals surface area (Å²) in [4.78, 5) is 0. The molecule has 1 aromatic rings. The van der Waals surface area contributed by atoms with Crippen molar-refractivity contribution >= 4 is 12.4 Å². The maximum atomic E-state index is 10.1. The highest BCUT2D eigenvalue weighted by atomic mass is 35.5. The van der Waals surface area contributed by atoms with Crippen LogP contribution in [0.15, 0.2) is 18.2 Å². The molecule has 0 amide bonds. The summed E-state index contributed by atoms with van der Waals surface area (Å²) in [6.45, 7) is 4.11. The topological polar surface area (TPSA) is 64.7 Å². The van der Waals surface area contributed by atoms with Crippen LogP contribution in [0.25, 0.3) is 0 Å². The van der Waals surface area contributed by atoms with Crippen molar-refractivity contribution in [1.29, 1.82) is 0 Å². The van der Waals surface area contributed by atoms with Crippen LogP contribution in [0.1, 0.15) is 31.9 Å². The molecule has 0 saturated heterocycles. The molecule has 0 radical (unpaired) electrons. The number of benzene rings is 1. The van der Waals surface area contributed by atoms with Gasteiger partial charge in [-0.05, 0) is 30.5 Å². The quantitative estimate of drug-likeness (QED) is 0.845. The first-order valence-electron chi connectivity index (χ1n) is 6.15. The third-order valence-corrected chi connectivity index (χ3v) is 2.92. The van der Waals surface area contributed by atoms with E-state index in [1.165, 1.54) is 0 Å². The molecule has 1 aromatic carbocycles. The van der Waals surface area contributed by atoms with Gasteiger partial charge in [0.2, 0.25) is 0 Å². The van der Waals surface area contributed by atoms with E-state index >= 15 is 0 Å². The first kappa shape index (κ1) is 18.0. The fourth-order valence-electron chi connectivity index (χ4n) is 1.94. The molecule has 0 unspecified atom stereocenters. The number of methoxy groups -OCH3 is 2. The summed E-state index contributed by atoms with van der Waals surface area (Å²) in [7, 11) is 3.19. The Hall–Kier alpha value is -0.970. The van der Waals surface area contributed by atoms with Gasteiger partial charge in [0, 0.05) is 5.56 Å². The number of hydrogen-bond donors (Lipinski definition) is 2. The Morgan fingerprint density at radius 2 is 1.84 bits per heavy atom. The maximum absolute atomic E-state index is 10.1. The summed E-state index contributed by atoms with van der Waals surface area (Å²) >= 11 is 0. The average molecular weight is 290 g/mol. The molecule has 0 aliphatic heterocycles. The number of rotatable bonds is 6. The van der Waals surface area contributed by atoms with E-state index in [4.69, 9.17) is 15.2 Å². The van der Waals surface area contributed by atoms with Crippen molar-refractivity contribution < 1.29 is 14.6 Å². The van der Waals surface area contributed by atoms with Gasteiger partial charge in [-0.3, -0.25) is 0 Å². The van der Waals surface area contributed by atoms with Crippen molar-refractivity contribution in [3.8, 4) is 11.5 Å². The van der Waals surface area contributed by atoms with Gasteiger partial charge >= 0.3 is 0 Å². The zero-order valence-electron chi connectivity index (χ0n) is 11.9. The van der Waals surface area contributed by atoms with Crippen LogP contribution in [0.5, 0.6) is 11.5 Å². The predicted molar refractivity (Wildman–Crippen MR) is 79.2 cm³/mol. The van der Waals surface area contributed by atoms with E-state index in [1.807, 2.05) is 12.1 Å². The number of aliphatic hydroxyl groups excluding tert-OH is 1. The first-order chi connectivity index (χ1) is 8.49. The van der Waals surface area contributed by atoms with Crippen LogP contribution in [-0.2, 0) is 0 Å². The molecule has 0 aliphatic carbocycles. The SMILES string of the molecule is COc1ccc(OC)c([C@@H](N)[C@@H](O)CC(C)C)c1.Cl. The lowest BCUT2D eigenvalue weighted by molar-refractivity contribution is 0.120. The van der Waals surface area contributed by atoms with E-state index in [0.717, 1.165) is 5.56 Å². The Balaban J connectivity index is 0.00000324. The highest BCUT2D eigenvalue weighted by molar-refractivity contribution is 5.85. The molecule has 0 spiro atoms. The molecular weight excluding hydrogens is 266 g/mol. The van der Waals surface area contributed by atoms with Crippen molar-refractivity contribution in [2.45, 2.75) is 32.4 Å². The normalized spacial score (nSPS) is 13.6. The molecule has 19 heavy (non-hydrogen) atoms. The summed E-state index contributed by atoms with van der Waals surface area (Å²) in [6, 6.07) is 4.95. The van der Waals surface area contributed by atoms with E-state index < -0.39 is 12.1 Å². The third kappa shape index (κ3) is 4.90. The lowest BCUT2D eigenvalue weighted by Crippen LogP contribution is -2.27. The molecule has 3 N–H and O–H groups in total. The largest absolute Gasteiger partial charge is 0.497 e. The molecule has 4 nitrogen and oxygen atoms in total. The Kier molecular flexibility index (Phi) is 7.83. The van der Waals surface area contributed by atoms with Gasteiger partial charge in [-0.25, -0.2) is 0 Å². The summed E-state index contributed by atoms with van der Waals surface area (Å²) in [6.07, 6.45) is 0.0626. The van der Waals surface area contributed by atoms with Crippen LogP contribution in [0, 0.1) is 5.92 Å². The van der Waals surface area contributed by atoms with E-state index in [2.05, 4.69) is 13.8 Å². The van der Waals surface area contributed by atoms with Gasteiger partial charge in [0.05, 0.1) is 26.4 Å². The minimum Gasteiger partial charge on any atom is -0.497 e. The molecule has 0 saturated carbocycles. The first-order valence-corrected chi connectivity index (χ1v) is 6.15. The molecule has 0 fully saturated rings. The number of nitrogens with two attached hydrogens (primary N) is 1. The summed E-state index contributed by atoms with van der Waals surface area (Å²) in [5.74, 6) is 1.77. The van der Waals surface area contributed by atoms with E-state index in [1.54, 1.807) is 20.3 Å². The summed E-state index contributed by atoms with van der Waals surface area (Å²) < 4.78 is 10.4. The summed E-state index contributed by atoms with van der Waals surface area (Å²) in [5.41, 5.74) is 6.87. The van der Waals surface area contributed by atoms with Crippen molar-refractivity contribution in [2.75, 3.05) is 14.2 Å². The highest BCUT2D eigenvalue weighted by Gasteiger charge is 2.21. The molecule has 0 aliphatic rings. The predicted octanol–water partition coefficient (Wildman–Crippen LogP) is 2.53. The van der Waals surface area contributed by atoms with Gasteiger partial charge in [-0.2, -0.15) is 0 Å². The van der Waals surface area contributed by atoms with Gasteiger partial charge in [0.25, 0.3) is 0 Å². The fraction of sp³-hybridized carbons (Fsp3) is 0.571. The zero-order chi connectivity index (χ0) is 13.7. The Morgan fingerprint density at radius 3 is 2.32 bits per heavy atom. The molecule has 110 valence electrons. The third-order valence-electron chi connectivity index (χ3n) is 2.92. The van der Waals surface area contributed by atoms with Crippen molar-refractivity contribution in [2.24, 2.45) is 11.7 Å². The van der Waals surface area contributed by atoms with Crippen molar-refractivity contribution in [3.63, 3.8) is 0 Å². The van der Waals surface area contributed by atoms with Gasteiger partial charge in [-0.1, -0.05) is 13.8 Å². The van der Waals surface area contributed by atoms with Crippen LogP contribution >= 0.6 is 12.4 Å². The van der Waals surface area contributed by atoms with Crippen molar-refractivity contribution in [1.82, 2.24) is 0 Å². The van der Waals surface area contributed by atoms with Gasteiger partial charge in [0.15, 0.2) is 0 Å². The maximum Gasteiger partial charge on any atom is 0.123 e. The van der Waals surface area contributed by atoms with E-state index in [-0.39, 0.29) is 12.4 Å². The zero-order valence-corrected chi connectivity index (χ0v) is 12.7. The number of hydrogen-bond acceptors (Lipinski definition) is 4. The lowest BCUT2D eigenvalue weighted by atomic mass is 9.94. The monoisotopic (exact) mass is 289 g/mol. The molecule has 1 rings (SSSR count). The average Bonchev–Trinajstić information content (AvgIpc) is 2.36. The van der Waals surface area contributed by atoms with Gasteiger partial charge in [0.1, 0.15) is 11.5 Å². The van der Waals surface area contributed by atoms with E-state index in [0.29, 0.717) is 23.8 Å². The van der Waals surface area contributed by atoms with Crippen LogP contribution in [-0.4, -0.2) is 25.4 Å². The second-order valence-electron chi connectivity index (χ2n) is 4.83. The fourth-order valence-corrected chi connectivity index (χ4v) is 1.94. The van der Waals surface area contributed by atoms with Crippen LogP contribution in [0.3, 0.4) is 0 Å². The second kappa shape index (κ2) is 8.25. The standard InChI is InChI=1S/C14H23NO3.ClH/c1-9(2)7-12(16)14(15)11-8-10(17-3)5-6-13(11)18-4;/h5-6,8-9,12,14,16H,7,15H2,1-4H3;1H/t12-,14+;/m0./s1. The minimum atomic E-state index is -0.592. The van der Waals surface area contributed by atoms with Crippen LogP contribution < -0.4 is 15.2 Å². The minimum absolute atomic E-state index is 0. The lowest BCUT2D eigenvalue weighted by Gasteiger charge is -2.23. The Bertz CT molecular complexity index is 385. The smallest absolute Gasteiger partial charge is 0.123 e. The summed E-state index contributed by atoms with van der Waals surface area (Å²) in [5, 5.41) is 10.1. The second-order valence-corrected chi connectivity index (χ2v) is 4.83. The Morgan fingerprint density at radius 1 is 1.21 bits per heavy atom. The molecule has 0 aromatic heterocycles. The van der Waals surface area contributed by atoms with Crippen LogP contribution in [0.2, 0.25) is 0 Å². The Labute approximate surface area is 121 Å². The van der Waals surface area contributed by atoms with Gasteiger partial charge in [-0.15, -0.1) is 12.4 Å². The number of ether oxygens (including phenoxy) is 2. The molecular formula is C14H24ClNO3. The van der Waals surface area contributed by atoms with Crippen molar-refractivity contribution in [3.05, 3.63) is 23.8 Å². The van der Waals surface area contributed by atoms with Gasteiger partial charge < -0.3 is 20.3 Å². The van der Waals surface area contributed by atoms with E-state index in [9.17, 15) is 5.11 Å². The number of aliphatic hydroxyl groups is 1. The number of halogens is 1. The molecule has 5 heteroatoms. The highest BCUT2D eigenvalue weighted by Crippen LogP contribution is 2.31. The van der Waals surface area contributed by atoms with Crippen LogP contribution in [0.4, 0.5) is 0 Å². The molecule has 2 atom stereocenters.